The number of alkyl halides is 1. The van der Waals surface area contributed by atoms with Gasteiger partial charge in [-0.1, -0.05) is 0 Å². The molecule has 1 aliphatic heterocycles. The first kappa shape index (κ1) is 15.7. The molecule has 2 aromatic rings. The molecular formula is C16H20F2N4O. The zero-order valence-electron chi connectivity index (χ0n) is 13.1. The number of aromatic nitrogens is 1. The Hall–Kier alpha value is -2.15. The maximum absolute atomic E-state index is 14.7. The number of carbonyl (C=O) groups is 1. The van der Waals surface area contributed by atoms with E-state index in [4.69, 9.17) is 11.5 Å². The quantitative estimate of drug-likeness (QED) is 0.789. The SMILES string of the molecule is Cc1[nH]c2c(C(N)=O)cc(F)c(N3CCC(F)C(N)C3)c2c1C. The summed E-state index contributed by atoms with van der Waals surface area (Å²) >= 11 is 0. The summed E-state index contributed by atoms with van der Waals surface area (Å²) in [6, 6.07) is 0.483. The minimum Gasteiger partial charge on any atom is -0.367 e. The summed E-state index contributed by atoms with van der Waals surface area (Å²) in [4.78, 5) is 16.5. The van der Waals surface area contributed by atoms with Crippen LogP contribution in [0.5, 0.6) is 0 Å². The molecule has 1 fully saturated rings. The van der Waals surface area contributed by atoms with Crippen molar-refractivity contribution in [1.82, 2.24) is 4.98 Å². The predicted octanol–water partition coefficient (Wildman–Crippen LogP) is 1.90. The number of nitrogens with two attached hydrogens (primary N) is 2. The summed E-state index contributed by atoms with van der Waals surface area (Å²) < 4.78 is 28.4. The van der Waals surface area contributed by atoms with E-state index < -0.39 is 23.9 Å². The average Bonchev–Trinajstić information content (AvgIpc) is 2.77. The lowest BCUT2D eigenvalue weighted by Crippen LogP contribution is -2.50. The van der Waals surface area contributed by atoms with E-state index in [1.54, 1.807) is 4.90 Å². The summed E-state index contributed by atoms with van der Waals surface area (Å²) in [7, 11) is 0. The molecule has 1 aromatic carbocycles. The third-order valence-corrected chi connectivity index (χ3v) is 4.66. The van der Waals surface area contributed by atoms with E-state index in [0.717, 1.165) is 17.3 Å². The van der Waals surface area contributed by atoms with Gasteiger partial charge in [-0.05, 0) is 31.9 Å². The van der Waals surface area contributed by atoms with Crippen molar-refractivity contribution in [2.75, 3.05) is 18.0 Å². The van der Waals surface area contributed by atoms with Crippen LogP contribution in [0.4, 0.5) is 14.5 Å². The summed E-state index contributed by atoms with van der Waals surface area (Å²) in [6.45, 7) is 4.30. The van der Waals surface area contributed by atoms with Gasteiger partial charge in [-0.3, -0.25) is 4.79 Å². The van der Waals surface area contributed by atoms with Crippen molar-refractivity contribution in [3.63, 3.8) is 0 Å². The number of nitrogens with one attached hydrogen (secondary N) is 1. The van der Waals surface area contributed by atoms with Crippen molar-refractivity contribution in [2.24, 2.45) is 11.5 Å². The Morgan fingerprint density at radius 1 is 1.43 bits per heavy atom. The van der Waals surface area contributed by atoms with Gasteiger partial charge in [-0.15, -0.1) is 0 Å². The first-order valence-corrected chi connectivity index (χ1v) is 7.57. The lowest BCUT2D eigenvalue weighted by atomic mass is 10.00. The van der Waals surface area contributed by atoms with E-state index in [1.807, 2.05) is 13.8 Å². The summed E-state index contributed by atoms with van der Waals surface area (Å²) in [5.74, 6) is -1.24. The molecule has 5 nitrogen and oxygen atoms in total. The van der Waals surface area contributed by atoms with Gasteiger partial charge in [0.1, 0.15) is 12.0 Å². The fourth-order valence-electron chi connectivity index (χ4n) is 3.26. The molecule has 23 heavy (non-hydrogen) atoms. The Labute approximate surface area is 132 Å². The molecule has 7 heteroatoms. The highest BCUT2D eigenvalue weighted by atomic mass is 19.1. The van der Waals surface area contributed by atoms with Crippen LogP contribution in [-0.2, 0) is 0 Å². The van der Waals surface area contributed by atoms with Crippen LogP contribution < -0.4 is 16.4 Å². The molecule has 1 aliphatic rings. The highest BCUT2D eigenvalue weighted by Crippen LogP contribution is 2.37. The summed E-state index contributed by atoms with van der Waals surface area (Å²) in [6.07, 6.45) is -0.828. The van der Waals surface area contributed by atoms with Crippen molar-refractivity contribution in [3.05, 3.63) is 28.7 Å². The summed E-state index contributed by atoms with van der Waals surface area (Å²) in [5.41, 5.74) is 13.8. The molecule has 1 saturated heterocycles. The molecule has 1 amide bonds. The maximum atomic E-state index is 14.7. The van der Waals surface area contributed by atoms with Crippen LogP contribution in [0.1, 0.15) is 28.0 Å². The number of amides is 1. The molecule has 0 radical (unpaired) electrons. The van der Waals surface area contributed by atoms with Crippen LogP contribution in [0, 0.1) is 19.7 Å². The standard InChI is InChI=1S/C16H20F2N4O/c1-7-8(2)21-14-9(16(20)23)5-11(18)15(13(7)14)22-4-3-10(17)12(19)6-22/h5,10,12,21H,3-4,6,19H2,1-2H3,(H2,20,23). The van der Waals surface area contributed by atoms with Crippen LogP contribution in [-0.4, -0.2) is 36.2 Å². The van der Waals surface area contributed by atoms with E-state index in [9.17, 15) is 13.6 Å². The number of nitrogens with zero attached hydrogens (tertiary/aromatic N) is 1. The highest BCUT2D eigenvalue weighted by Gasteiger charge is 2.30. The van der Waals surface area contributed by atoms with Crippen molar-refractivity contribution in [3.8, 4) is 0 Å². The number of aromatic amines is 1. The molecule has 2 heterocycles. The van der Waals surface area contributed by atoms with Gasteiger partial charge in [0, 0.05) is 24.2 Å². The monoisotopic (exact) mass is 322 g/mol. The van der Waals surface area contributed by atoms with E-state index in [2.05, 4.69) is 4.98 Å². The fraction of sp³-hybridized carbons (Fsp3) is 0.438. The second-order valence-corrected chi connectivity index (χ2v) is 6.16. The Morgan fingerprint density at radius 3 is 2.74 bits per heavy atom. The van der Waals surface area contributed by atoms with E-state index >= 15 is 0 Å². The van der Waals surface area contributed by atoms with Crippen LogP contribution in [0.3, 0.4) is 0 Å². The Bertz CT molecular complexity index is 786. The first-order valence-electron chi connectivity index (χ1n) is 7.57. The molecule has 0 saturated carbocycles. The number of benzene rings is 1. The molecule has 0 aliphatic carbocycles. The number of rotatable bonds is 2. The number of hydrogen-bond donors (Lipinski definition) is 3. The molecule has 0 bridgehead atoms. The third kappa shape index (κ3) is 2.45. The Balaban J connectivity index is 2.23. The number of aryl methyl sites for hydroxylation is 2. The molecule has 0 spiro atoms. The van der Waals surface area contributed by atoms with Crippen LogP contribution in [0.2, 0.25) is 0 Å². The first-order chi connectivity index (χ1) is 10.8. The molecule has 2 unspecified atom stereocenters. The number of hydrogen-bond acceptors (Lipinski definition) is 3. The second-order valence-electron chi connectivity index (χ2n) is 6.16. The van der Waals surface area contributed by atoms with Gasteiger partial charge in [0.15, 0.2) is 0 Å². The van der Waals surface area contributed by atoms with Crippen LogP contribution in [0.25, 0.3) is 10.9 Å². The zero-order chi connectivity index (χ0) is 16.9. The minimum absolute atomic E-state index is 0.113. The zero-order valence-corrected chi connectivity index (χ0v) is 13.1. The summed E-state index contributed by atoms with van der Waals surface area (Å²) in [5, 5.41) is 0.612. The number of carbonyl (C=O) groups excluding carboxylic acids is 1. The number of fused-ring (bicyclic) bond motifs is 1. The lowest BCUT2D eigenvalue weighted by molar-refractivity contribution is 0.100. The van der Waals surface area contributed by atoms with Gasteiger partial charge < -0.3 is 21.4 Å². The molecule has 3 rings (SSSR count). The second kappa shape index (κ2) is 5.49. The fourth-order valence-corrected chi connectivity index (χ4v) is 3.26. The molecule has 2 atom stereocenters. The van der Waals surface area contributed by atoms with E-state index in [0.29, 0.717) is 23.1 Å². The van der Waals surface area contributed by atoms with Crippen molar-refractivity contribution >= 4 is 22.5 Å². The van der Waals surface area contributed by atoms with Crippen LogP contribution in [0.15, 0.2) is 6.07 Å². The average molecular weight is 322 g/mol. The Kier molecular flexibility index (Phi) is 3.75. The van der Waals surface area contributed by atoms with Gasteiger partial charge in [0.2, 0.25) is 0 Å². The topological polar surface area (TPSA) is 88.1 Å². The highest BCUT2D eigenvalue weighted by molar-refractivity contribution is 6.10. The number of H-pyrrole nitrogens is 1. The lowest BCUT2D eigenvalue weighted by Gasteiger charge is -2.35. The normalized spacial score (nSPS) is 21.9. The van der Waals surface area contributed by atoms with E-state index in [1.165, 1.54) is 0 Å². The largest absolute Gasteiger partial charge is 0.367 e. The number of piperidine rings is 1. The van der Waals surface area contributed by atoms with Crippen molar-refractivity contribution < 1.29 is 13.6 Å². The van der Waals surface area contributed by atoms with Gasteiger partial charge >= 0.3 is 0 Å². The van der Waals surface area contributed by atoms with Gasteiger partial charge in [-0.2, -0.15) is 0 Å². The smallest absolute Gasteiger partial charge is 0.250 e. The van der Waals surface area contributed by atoms with Gasteiger partial charge in [-0.25, -0.2) is 8.78 Å². The molecule has 5 N–H and O–H groups in total. The molecule has 1 aromatic heterocycles. The van der Waals surface area contributed by atoms with Crippen LogP contribution >= 0.6 is 0 Å². The van der Waals surface area contributed by atoms with Gasteiger partial charge in [0.05, 0.1) is 22.8 Å². The molecular weight excluding hydrogens is 302 g/mol. The number of primary amides is 1. The minimum atomic E-state index is -1.08. The van der Waals surface area contributed by atoms with Gasteiger partial charge in [0.25, 0.3) is 5.91 Å². The number of anilines is 1. The van der Waals surface area contributed by atoms with Crippen molar-refractivity contribution in [2.45, 2.75) is 32.5 Å². The maximum Gasteiger partial charge on any atom is 0.250 e. The number of halogens is 2. The van der Waals surface area contributed by atoms with E-state index in [-0.39, 0.29) is 18.5 Å². The third-order valence-electron chi connectivity index (χ3n) is 4.66. The Morgan fingerprint density at radius 2 is 2.13 bits per heavy atom. The van der Waals surface area contributed by atoms with Crippen molar-refractivity contribution in [1.29, 1.82) is 0 Å². The molecule has 124 valence electrons. The predicted molar refractivity (Wildman–Crippen MR) is 86.0 cm³/mol.